The van der Waals surface area contributed by atoms with E-state index in [1.165, 1.54) is 12.8 Å². The molecule has 0 aliphatic heterocycles. The lowest BCUT2D eigenvalue weighted by molar-refractivity contribution is -0.120. The van der Waals surface area contributed by atoms with Crippen LogP contribution in [0.15, 0.2) is 36.5 Å². The Labute approximate surface area is 111 Å². The summed E-state index contributed by atoms with van der Waals surface area (Å²) in [6.45, 7) is 0.817. The van der Waals surface area contributed by atoms with E-state index in [1.54, 1.807) is 6.20 Å². The molecular formula is C15H16N2O2. The molecule has 1 heterocycles. The molecule has 1 aromatic carbocycles. The van der Waals surface area contributed by atoms with Gasteiger partial charge in [-0.1, -0.05) is 6.07 Å². The van der Waals surface area contributed by atoms with Crippen LogP contribution in [0.25, 0.3) is 10.9 Å². The monoisotopic (exact) mass is 256 g/mol. The van der Waals surface area contributed by atoms with Crippen molar-refractivity contribution in [3.63, 3.8) is 0 Å². The Hall–Kier alpha value is -1.94. The molecule has 0 unspecified atom stereocenters. The summed E-state index contributed by atoms with van der Waals surface area (Å²) in [6.07, 6.45) is 4.21. The van der Waals surface area contributed by atoms with E-state index in [1.807, 2.05) is 30.3 Å². The molecule has 1 amide bonds. The fourth-order valence-corrected chi connectivity index (χ4v) is 2.00. The number of ether oxygens (including phenoxy) is 1. The standard InChI is InChI=1S/C15H16N2O2/c18-15(10-19-9-11-6-7-11)17-14-5-1-4-13-12(14)3-2-8-16-13/h1-5,8,11H,6-7,9-10H2,(H,17,18). The van der Waals surface area contributed by atoms with Gasteiger partial charge in [0, 0.05) is 11.6 Å². The van der Waals surface area contributed by atoms with Gasteiger partial charge in [-0.15, -0.1) is 0 Å². The van der Waals surface area contributed by atoms with Crippen LogP contribution in [0.1, 0.15) is 12.8 Å². The maximum atomic E-state index is 11.8. The second-order valence-electron chi connectivity index (χ2n) is 4.88. The average molecular weight is 256 g/mol. The van der Waals surface area contributed by atoms with E-state index >= 15 is 0 Å². The van der Waals surface area contributed by atoms with Crippen LogP contribution in [0, 0.1) is 5.92 Å². The Bertz CT molecular complexity index is 588. The second-order valence-corrected chi connectivity index (χ2v) is 4.88. The molecule has 2 aromatic rings. The molecule has 4 heteroatoms. The third-order valence-electron chi connectivity index (χ3n) is 3.20. The molecule has 1 fully saturated rings. The van der Waals surface area contributed by atoms with Crippen molar-refractivity contribution >= 4 is 22.5 Å². The number of hydrogen-bond donors (Lipinski definition) is 1. The first-order valence-corrected chi connectivity index (χ1v) is 6.54. The van der Waals surface area contributed by atoms with Crippen LogP contribution in [0.5, 0.6) is 0 Å². The smallest absolute Gasteiger partial charge is 0.250 e. The van der Waals surface area contributed by atoms with E-state index < -0.39 is 0 Å². The van der Waals surface area contributed by atoms with Gasteiger partial charge >= 0.3 is 0 Å². The van der Waals surface area contributed by atoms with Crippen LogP contribution in [0.2, 0.25) is 0 Å². The number of nitrogens with zero attached hydrogens (tertiary/aromatic N) is 1. The first-order valence-electron chi connectivity index (χ1n) is 6.54. The van der Waals surface area contributed by atoms with Crippen LogP contribution in [0.4, 0.5) is 5.69 Å². The summed E-state index contributed by atoms with van der Waals surface area (Å²) < 4.78 is 5.38. The Balaban J connectivity index is 1.64. The highest BCUT2D eigenvalue weighted by Gasteiger charge is 2.21. The molecule has 0 spiro atoms. The van der Waals surface area contributed by atoms with Crippen molar-refractivity contribution < 1.29 is 9.53 Å². The van der Waals surface area contributed by atoms with E-state index in [9.17, 15) is 4.79 Å². The van der Waals surface area contributed by atoms with Crippen molar-refractivity contribution in [2.45, 2.75) is 12.8 Å². The van der Waals surface area contributed by atoms with Gasteiger partial charge in [0.25, 0.3) is 0 Å². The van der Waals surface area contributed by atoms with Crippen molar-refractivity contribution in [2.24, 2.45) is 5.92 Å². The van der Waals surface area contributed by atoms with Gasteiger partial charge in [0.2, 0.25) is 5.91 Å². The number of benzene rings is 1. The Morgan fingerprint density at radius 2 is 2.21 bits per heavy atom. The lowest BCUT2D eigenvalue weighted by Crippen LogP contribution is -2.19. The predicted molar refractivity (Wildman–Crippen MR) is 73.9 cm³/mol. The van der Waals surface area contributed by atoms with E-state index in [0.717, 1.165) is 16.6 Å². The normalized spacial score (nSPS) is 14.5. The number of anilines is 1. The van der Waals surface area contributed by atoms with Gasteiger partial charge in [-0.3, -0.25) is 9.78 Å². The maximum absolute atomic E-state index is 11.8. The lowest BCUT2D eigenvalue weighted by Gasteiger charge is -2.08. The summed E-state index contributed by atoms with van der Waals surface area (Å²) in [7, 11) is 0. The number of fused-ring (bicyclic) bond motifs is 1. The van der Waals surface area contributed by atoms with Crippen molar-refractivity contribution in [2.75, 3.05) is 18.5 Å². The third-order valence-corrected chi connectivity index (χ3v) is 3.20. The topological polar surface area (TPSA) is 51.2 Å². The number of carbonyl (C=O) groups excluding carboxylic acids is 1. The van der Waals surface area contributed by atoms with Crippen molar-refractivity contribution in [1.29, 1.82) is 0 Å². The molecule has 98 valence electrons. The fraction of sp³-hybridized carbons (Fsp3) is 0.333. The van der Waals surface area contributed by atoms with Gasteiger partial charge in [0.05, 0.1) is 17.8 Å². The molecule has 1 aliphatic rings. The number of aromatic nitrogens is 1. The number of carbonyl (C=O) groups is 1. The molecular weight excluding hydrogens is 240 g/mol. The fourth-order valence-electron chi connectivity index (χ4n) is 2.00. The van der Waals surface area contributed by atoms with Crippen LogP contribution in [-0.4, -0.2) is 24.1 Å². The molecule has 4 nitrogen and oxygen atoms in total. The molecule has 19 heavy (non-hydrogen) atoms. The molecule has 1 N–H and O–H groups in total. The third kappa shape index (κ3) is 3.09. The van der Waals surface area contributed by atoms with Crippen LogP contribution >= 0.6 is 0 Å². The largest absolute Gasteiger partial charge is 0.371 e. The quantitative estimate of drug-likeness (QED) is 0.894. The van der Waals surface area contributed by atoms with Gasteiger partial charge in [0.1, 0.15) is 6.61 Å². The molecule has 0 atom stereocenters. The summed E-state index contributed by atoms with van der Waals surface area (Å²) in [5, 5.41) is 3.82. The van der Waals surface area contributed by atoms with Crippen molar-refractivity contribution in [3.05, 3.63) is 36.5 Å². The molecule has 1 aromatic heterocycles. The molecule has 0 bridgehead atoms. The second kappa shape index (κ2) is 5.36. The average Bonchev–Trinajstić information content (AvgIpc) is 3.23. The van der Waals surface area contributed by atoms with Gasteiger partial charge in [-0.25, -0.2) is 0 Å². The van der Waals surface area contributed by atoms with E-state index in [-0.39, 0.29) is 12.5 Å². The molecule has 1 saturated carbocycles. The minimum absolute atomic E-state index is 0.114. The molecule has 0 saturated heterocycles. The predicted octanol–water partition coefficient (Wildman–Crippen LogP) is 2.60. The van der Waals surface area contributed by atoms with Crippen LogP contribution in [-0.2, 0) is 9.53 Å². The number of amides is 1. The summed E-state index contributed by atoms with van der Waals surface area (Å²) in [5.74, 6) is 0.562. The summed E-state index contributed by atoms with van der Waals surface area (Å²) in [5.41, 5.74) is 1.66. The SMILES string of the molecule is O=C(COCC1CC1)Nc1cccc2ncccc12. The van der Waals surface area contributed by atoms with Crippen molar-refractivity contribution in [3.8, 4) is 0 Å². The number of rotatable bonds is 5. The molecule has 0 radical (unpaired) electrons. The highest BCUT2D eigenvalue weighted by atomic mass is 16.5. The first kappa shape index (κ1) is 12.1. The summed E-state index contributed by atoms with van der Waals surface area (Å²) in [6, 6.07) is 9.50. The highest BCUT2D eigenvalue weighted by Crippen LogP contribution is 2.28. The van der Waals surface area contributed by atoms with Gasteiger partial charge in [-0.05, 0) is 43.0 Å². The van der Waals surface area contributed by atoms with Gasteiger partial charge in [0.15, 0.2) is 0 Å². The zero-order chi connectivity index (χ0) is 13.1. The summed E-state index contributed by atoms with van der Waals surface area (Å²) >= 11 is 0. The van der Waals surface area contributed by atoms with E-state index in [0.29, 0.717) is 12.5 Å². The van der Waals surface area contributed by atoms with Crippen molar-refractivity contribution in [1.82, 2.24) is 4.98 Å². The number of nitrogens with one attached hydrogen (secondary N) is 1. The van der Waals surface area contributed by atoms with E-state index in [2.05, 4.69) is 10.3 Å². The Kier molecular flexibility index (Phi) is 3.42. The zero-order valence-electron chi connectivity index (χ0n) is 10.6. The minimum Gasteiger partial charge on any atom is -0.371 e. The maximum Gasteiger partial charge on any atom is 0.250 e. The lowest BCUT2D eigenvalue weighted by atomic mass is 10.2. The van der Waals surface area contributed by atoms with Gasteiger partial charge < -0.3 is 10.1 Å². The number of hydrogen-bond acceptors (Lipinski definition) is 3. The first-order chi connectivity index (χ1) is 9.33. The minimum atomic E-state index is -0.114. The summed E-state index contributed by atoms with van der Waals surface area (Å²) in [4.78, 5) is 16.1. The van der Waals surface area contributed by atoms with Crippen LogP contribution < -0.4 is 5.32 Å². The van der Waals surface area contributed by atoms with Gasteiger partial charge in [-0.2, -0.15) is 0 Å². The number of pyridine rings is 1. The Morgan fingerprint density at radius 3 is 3.05 bits per heavy atom. The molecule has 1 aliphatic carbocycles. The highest BCUT2D eigenvalue weighted by molar-refractivity contribution is 6.01. The van der Waals surface area contributed by atoms with Crippen LogP contribution in [0.3, 0.4) is 0 Å². The van der Waals surface area contributed by atoms with E-state index in [4.69, 9.17) is 4.74 Å². The molecule has 3 rings (SSSR count). The Morgan fingerprint density at radius 1 is 1.32 bits per heavy atom. The zero-order valence-corrected chi connectivity index (χ0v) is 10.6.